The van der Waals surface area contributed by atoms with E-state index in [0.717, 1.165) is 39.6 Å². The van der Waals surface area contributed by atoms with Crippen LogP contribution in [0.1, 0.15) is 24.4 Å². The molecule has 3 nitrogen and oxygen atoms in total. The summed E-state index contributed by atoms with van der Waals surface area (Å²) in [7, 11) is 0. The second-order valence-electron chi connectivity index (χ2n) is 5.33. The van der Waals surface area contributed by atoms with Gasteiger partial charge in [0.05, 0.1) is 0 Å². The smallest absolute Gasteiger partial charge is 0.148 e. The van der Waals surface area contributed by atoms with Crippen molar-refractivity contribution in [3.8, 4) is 10.6 Å². The Balaban J connectivity index is 2.00. The Bertz CT molecular complexity index is 566. The normalized spacial score (nSPS) is 11.2. The van der Waals surface area contributed by atoms with Gasteiger partial charge >= 0.3 is 0 Å². The molecule has 0 atom stereocenters. The van der Waals surface area contributed by atoms with E-state index in [4.69, 9.17) is 0 Å². The van der Waals surface area contributed by atoms with Gasteiger partial charge in [-0.05, 0) is 31.5 Å². The number of rotatable bonds is 6. The second kappa shape index (κ2) is 7.29. The van der Waals surface area contributed by atoms with E-state index < -0.39 is 0 Å². The highest BCUT2D eigenvalue weighted by Crippen LogP contribution is 2.31. The Morgan fingerprint density at radius 1 is 1.30 bits per heavy atom. The number of aryl methyl sites for hydroxylation is 1. The number of hydrogen-bond donors (Lipinski definition) is 1. The summed E-state index contributed by atoms with van der Waals surface area (Å²) in [6.07, 6.45) is 0.938. The summed E-state index contributed by atoms with van der Waals surface area (Å²) in [5, 5.41) is 14.1. The molecular weight excluding hydrogens is 334 g/mol. The number of nitrogens with one attached hydrogen (secondary N) is 1. The molecule has 0 unspecified atom stereocenters. The lowest BCUT2D eigenvalue weighted by molar-refractivity contribution is 0.553. The van der Waals surface area contributed by atoms with Gasteiger partial charge in [-0.3, -0.25) is 0 Å². The Hall–Kier alpha value is -0.780. The first-order valence-corrected chi connectivity index (χ1v) is 8.47. The van der Waals surface area contributed by atoms with Crippen LogP contribution in [-0.2, 0) is 6.42 Å². The third-order valence-corrected chi connectivity index (χ3v) is 4.60. The molecule has 1 aromatic carbocycles. The van der Waals surface area contributed by atoms with E-state index in [-0.39, 0.29) is 0 Å². The maximum atomic E-state index is 4.31. The van der Waals surface area contributed by atoms with E-state index in [1.165, 1.54) is 5.56 Å². The fourth-order valence-corrected chi connectivity index (χ4v) is 3.29. The van der Waals surface area contributed by atoms with Crippen molar-refractivity contribution in [2.75, 3.05) is 13.1 Å². The topological polar surface area (TPSA) is 37.8 Å². The molecule has 0 spiro atoms. The maximum Gasteiger partial charge on any atom is 0.148 e. The van der Waals surface area contributed by atoms with Gasteiger partial charge in [0.2, 0.25) is 0 Å². The number of hydrogen-bond acceptors (Lipinski definition) is 4. The Labute approximate surface area is 133 Å². The lowest BCUT2D eigenvalue weighted by Crippen LogP contribution is -2.22. The van der Waals surface area contributed by atoms with Gasteiger partial charge in [-0.2, -0.15) is 0 Å². The predicted molar refractivity (Wildman–Crippen MR) is 89.2 cm³/mol. The molecule has 0 saturated carbocycles. The molecule has 1 heterocycles. The van der Waals surface area contributed by atoms with Crippen LogP contribution in [0.4, 0.5) is 0 Å². The largest absolute Gasteiger partial charge is 0.316 e. The van der Waals surface area contributed by atoms with Crippen LogP contribution in [-0.4, -0.2) is 23.3 Å². The summed E-state index contributed by atoms with van der Waals surface area (Å²) in [5.74, 6) is 0.684. The molecule has 0 saturated heterocycles. The summed E-state index contributed by atoms with van der Waals surface area (Å²) in [5.41, 5.74) is 2.36. The number of halogens is 1. The minimum absolute atomic E-state index is 0.684. The third-order valence-electron chi connectivity index (χ3n) is 2.89. The van der Waals surface area contributed by atoms with Crippen molar-refractivity contribution in [3.05, 3.63) is 33.2 Å². The molecule has 0 aliphatic rings. The van der Waals surface area contributed by atoms with Gasteiger partial charge in [0.25, 0.3) is 0 Å². The van der Waals surface area contributed by atoms with Crippen LogP contribution >= 0.6 is 27.3 Å². The standard InChI is InChI=1S/C15H20BrN3S/c1-10(2)9-17-7-6-14-18-19-15(20-14)12-8-11(3)4-5-13(12)16/h4-5,8,10,17H,6-7,9H2,1-3H3. The number of nitrogens with zero attached hydrogens (tertiary/aromatic N) is 2. The van der Waals surface area contributed by atoms with E-state index in [1.54, 1.807) is 11.3 Å². The zero-order valence-corrected chi connectivity index (χ0v) is 14.5. The van der Waals surface area contributed by atoms with E-state index in [0.29, 0.717) is 5.92 Å². The molecule has 2 aromatic rings. The average Bonchev–Trinajstić information content (AvgIpc) is 2.86. The van der Waals surface area contributed by atoms with Crippen LogP contribution < -0.4 is 5.32 Å². The van der Waals surface area contributed by atoms with Crippen molar-refractivity contribution < 1.29 is 0 Å². The lowest BCUT2D eigenvalue weighted by Gasteiger charge is -2.05. The van der Waals surface area contributed by atoms with Gasteiger partial charge in [0, 0.05) is 23.0 Å². The average molecular weight is 354 g/mol. The predicted octanol–water partition coefficient (Wildman–Crippen LogP) is 4.06. The summed E-state index contributed by atoms with van der Waals surface area (Å²) < 4.78 is 1.07. The van der Waals surface area contributed by atoms with Crippen molar-refractivity contribution in [1.29, 1.82) is 0 Å². The number of aromatic nitrogens is 2. The van der Waals surface area contributed by atoms with Crippen LogP contribution in [0.15, 0.2) is 22.7 Å². The van der Waals surface area contributed by atoms with Crippen LogP contribution in [0.2, 0.25) is 0 Å². The van der Waals surface area contributed by atoms with Crippen molar-refractivity contribution in [1.82, 2.24) is 15.5 Å². The molecule has 0 aliphatic heterocycles. The van der Waals surface area contributed by atoms with E-state index in [2.05, 4.69) is 70.4 Å². The molecular formula is C15H20BrN3S. The van der Waals surface area contributed by atoms with Crippen LogP contribution in [0.25, 0.3) is 10.6 Å². The highest BCUT2D eigenvalue weighted by molar-refractivity contribution is 9.10. The third kappa shape index (κ3) is 4.36. The molecule has 0 aliphatic carbocycles. The highest BCUT2D eigenvalue weighted by atomic mass is 79.9. The van der Waals surface area contributed by atoms with E-state index in [1.807, 2.05) is 0 Å². The summed E-state index contributed by atoms with van der Waals surface area (Å²) in [6, 6.07) is 6.30. The molecule has 2 rings (SSSR count). The minimum Gasteiger partial charge on any atom is -0.316 e. The van der Waals surface area contributed by atoms with Gasteiger partial charge in [-0.15, -0.1) is 10.2 Å². The number of benzene rings is 1. The molecule has 0 bridgehead atoms. The second-order valence-corrected chi connectivity index (χ2v) is 7.25. The highest BCUT2D eigenvalue weighted by Gasteiger charge is 2.10. The summed E-state index contributed by atoms with van der Waals surface area (Å²) in [6.45, 7) is 8.53. The zero-order valence-electron chi connectivity index (χ0n) is 12.1. The fraction of sp³-hybridized carbons (Fsp3) is 0.467. The van der Waals surface area contributed by atoms with Gasteiger partial charge in [0.15, 0.2) is 0 Å². The Morgan fingerprint density at radius 3 is 2.85 bits per heavy atom. The van der Waals surface area contributed by atoms with Gasteiger partial charge in [0.1, 0.15) is 10.0 Å². The molecule has 108 valence electrons. The molecule has 1 N–H and O–H groups in total. The molecule has 20 heavy (non-hydrogen) atoms. The maximum absolute atomic E-state index is 4.31. The van der Waals surface area contributed by atoms with E-state index in [9.17, 15) is 0 Å². The van der Waals surface area contributed by atoms with Crippen molar-refractivity contribution in [3.63, 3.8) is 0 Å². The molecule has 5 heteroatoms. The lowest BCUT2D eigenvalue weighted by atomic mass is 10.1. The van der Waals surface area contributed by atoms with Gasteiger partial charge in [-0.25, -0.2) is 0 Å². The first-order chi connectivity index (χ1) is 9.56. The summed E-state index contributed by atoms with van der Waals surface area (Å²) >= 11 is 5.26. The minimum atomic E-state index is 0.684. The quantitative estimate of drug-likeness (QED) is 0.795. The van der Waals surface area contributed by atoms with Gasteiger partial charge < -0.3 is 5.32 Å². The Kier molecular flexibility index (Phi) is 5.69. The SMILES string of the molecule is Cc1ccc(Br)c(-c2nnc(CCNCC(C)C)s2)c1. The Morgan fingerprint density at radius 2 is 2.10 bits per heavy atom. The molecule has 1 aromatic heterocycles. The van der Waals surface area contributed by atoms with Crippen LogP contribution in [0.5, 0.6) is 0 Å². The first kappa shape index (κ1) is 15.6. The van der Waals surface area contributed by atoms with Crippen LogP contribution in [0, 0.1) is 12.8 Å². The monoisotopic (exact) mass is 353 g/mol. The van der Waals surface area contributed by atoms with E-state index >= 15 is 0 Å². The van der Waals surface area contributed by atoms with Crippen molar-refractivity contribution >= 4 is 27.3 Å². The van der Waals surface area contributed by atoms with Crippen molar-refractivity contribution in [2.45, 2.75) is 27.2 Å². The zero-order chi connectivity index (χ0) is 14.5. The van der Waals surface area contributed by atoms with Gasteiger partial charge in [-0.1, -0.05) is 52.7 Å². The van der Waals surface area contributed by atoms with Crippen LogP contribution in [0.3, 0.4) is 0 Å². The van der Waals surface area contributed by atoms with Crippen molar-refractivity contribution in [2.24, 2.45) is 5.92 Å². The molecule has 0 amide bonds. The fourth-order valence-electron chi connectivity index (χ4n) is 1.85. The molecule has 0 fully saturated rings. The summed E-state index contributed by atoms with van der Waals surface area (Å²) in [4.78, 5) is 0. The molecule has 0 radical (unpaired) electrons. The first-order valence-electron chi connectivity index (χ1n) is 6.86.